The Kier molecular flexibility index (Phi) is 4.55. The number of benzene rings is 7. The lowest BCUT2D eigenvalue weighted by Crippen LogP contribution is -1.93. The fourth-order valence-corrected chi connectivity index (χ4v) is 7.72. The van der Waals surface area contributed by atoms with Gasteiger partial charge in [0, 0.05) is 36.6 Å². The molecule has 0 spiro atoms. The summed E-state index contributed by atoms with van der Waals surface area (Å²) in [4.78, 5) is 0. The topological polar surface area (TPSA) is 4.93 Å². The molecule has 0 N–H and O–H groups in total. The molecule has 7 aromatic carbocycles. The van der Waals surface area contributed by atoms with Crippen molar-refractivity contribution < 1.29 is 0 Å². The zero-order valence-electron chi connectivity index (χ0n) is 21.6. The van der Waals surface area contributed by atoms with Crippen LogP contribution in [0.5, 0.6) is 0 Å². The Hall–Kier alpha value is -4.92. The number of fused-ring (bicyclic) bond motifs is 8. The largest absolute Gasteiger partial charge is 0.309 e. The predicted octanol–water partition coefficient (Wildman–Crippen LogP) is 11.1. The van der Waals surface area contributed by atoms with Crippen molar-refractivity contribution in [2.75, 3.05) is 0 Å². The summed E-state index contributed by atoms with van der Waals surface area (Å²) in [6.07, 6.45) is 0. The molecule has 186 valence electrons. The number of aromatic nitrogens is 1. The lowest BCUT2D eigenvalue weighted by molar-refractivity contribution is 1.19. The maximum absolute atomic E-state index is 2.43. The zero-order valence-corrected chi connectivity index (χ0v) is 22.5. The minimum absolute atomic E-state index is 1.20. The van der Waals surface area contributed by atoms with Gasteiger partial charge in [0.2, 0.25) is 0 Å². The molecule has 0 radical (unpaired) electrons. The number of rotatable bonds is 2. The Bertz CT molecular complexity index is 2390. The number of hydrogen-bond donors (Lipinski definition) is 0. The van der Waals surface area contributed by atoms with Gasteiger partial charge in [-0.2, -0.15) is 0 Å². The first-order chi connectivity index (χ1) is 19.8. The molecule has 40 heavy (non-hydrogen) atoms. The van der Waals surface area contributed by atoms with Gasteiger partial charge in [0.15, 0.2) is 0 Å². The van der Waals surface area contributed by atoms with Gasteiger partial charge >= 0.3 is 0 Å². The van der Waals surface area contributed by atoms with Crippen LogP contribution in [0.25, 0.3) is 80.3 Å². The van der Waals surface area contributed by atoms with Gasteiger partial charge in [-0.1, -0.05) is 97.1 Å². The standard InChI is InChI=1S/C38H23NS/c1-3-11-28-24(9-1)21-25-10-2-4-12-29(25)38(28)26-17-20-35-33(22-26)30-13-5-7-15-34(30)39(35)27-18-19-32-31-14-6-8-16-36(31)40-37(32)23-27/h1-23H. The van der Waals surface area contributed by atoms with Crippen LogP contribution >= 0.6 is 11.3 Å². The first-order valence-electron chi connectivity index (χ1n) is 13.7. The first-order valence-corrected chi connectivity index (χ1v) is 14.5. The minimum atomic E-state index is 1.20. The summed E-state index contributed by atoms with van der Waals surface area (Å²) < 4.78 is 5.09. The summed E-state index contributed by atoms with van der Waals surface area (Å²) in [5.41, 5.74) is 6.23. The molecule has 2 aromatic heterocycles. The van der Waals surface area contributed by atoms with Gasteiger partial charge < -0.3 is 4.57 Å². The molecule has 0 amide bonds. The molecule has 0 aliphatic heterocycles. The van der Waals surface area contributed by atoms with Gasteiger partial charge in [-0.15, -0.1) is 11.3 Å². The minimum Gasteiger partial charge on any atom is -0.309 e. The fourth-order valence-electron chi connectivity index (χ4n) is 6.58. The second-order valence-corrected chi connectivity index (χ2v) is 11.6. The van der Waals surface area contributed by atoms with Crippen LogP contribution in [0.1, 0.15) is 0 Å². The van der Waals surface area contributed by atoms with E-state index in [9.17, 15) is 0 Å². The molecule has 0 aliphatic carbocycles. The van der Waals surface area contributed by atoms with Crippen molar-refractivity contribution in [1.82, 2.24) is 4.57 Å². The van der Waals surface area contributed by atoms with Crippen molar-refractivity contribution in [3.05, 3.63) is 140 Å². The third-order valence-corrected chi connectivity index (χ3v) is 9.49. The highest BCUT2D eigenvalue weighted by Crippen LogP contribution is 2.41. The van der Waals surface area contributed by atoms with Crippen molar-refractivity contribution in [1.29, 1.82) is 0 Å². The second-order valence-electron chi connectivity index (χ2n) is 10.6. The summed E-state index contributed by atoms with van der Waals surface area (Å²) in [6.45, 7) is 0. The van der Waals surface area contributed by atoms with E-state index in [0.29, 0.717) is 0 Å². The molecular weight excluding hydrogens is 502 g/mol. The van der Waals surface area contributed by atoms with Crippen molar-refractivity contribution in [2.45, 2.75) is 0 Å². The zero-order chi connectivity index (χ0) is 26.2. The highest BCUT2D eigenvalue weighted by atomic mass is 32.1. The van der Waals surface area contributed by atoms with E-state index in [2.05, 4.69) is 144 Å². The molecule has 2 heterocycles. The van der Waals surface area contributed by atoms with Gasteiger partial charge in [-0.3, -0.25) is 0 Å². The van der Waals surface area contributed by atoms with Crippen molar-refractivity contribution in [2.24, 2.45) is 0 Å². The maximum Gasteiger partial charge on any atom is 0.0541 e. The highest BCUT2D eigenvalue weighted by Gasteiger charge is 2.16. The molecule has 0 saturated carbocycles. The monoisotopic (exact) mass is 525 g/mol. The number of para-hydroxylation sites is 1. The number of hydrogen-bond acceptors (Lipinski definition) is 1. The number of thiophene rings is 1. The molecule has 0 atom stereocenters. The van der Waals surface area contributed by atoms with Gasteiger partial charge in [0.05, 0.1) is 11.0 Å². The second kappa shape index (κ2) is 8.29. The van der Waals surface area contributed by atoms with E-state index in [1.807, 2.05) is 11.3 Å². The van der Waals surface area contributed by atoms with E-state index in [-0.39, 0.29) is 0 Å². The van der Waals surface area contributed by atoms with Gasteiger partial charge in [0.1, 0.15) is 0 Å². The maximum atomic E-state index is 2.43. The van der Waals surface area contributed by atoms with Crippen LogP contribution in [0, 0.1) is 0 Å². The Morgan fingerprint density at radius 2 is 1.02 bits per heavy atom. The highest BCUT2D eigenvalue weighted by molar-refractivity contribution is 7.25. The van der Waals surface area contributed by atoms with E-state index in [1.54, 1.807) is 0 Å². The Morgan fingerprint density at radius 3 is 1.82 bits per heavy atom. The lowest BCUT2D eigenvalue weighted by atomic mass is 9.91. The molecular formula is C38H23NS. The molecule has 2 heteroatoms. The van der Waals surface area contributed by atoms with Gasteiger partial charge in [0.25, 0.3) is 0 Å². The van der Waals surface area contributed by atoms with Gasteiger partial charge in [-0.05, 0) is 75.1 Å². The molecule has 0 unspecified atom stereocenters. The fraction of sp³-hybridized carbons (Fsp3) is 0. The van der Waals surface area contributed by atoms with Crippen molar-refractivity contribution in [3.63, 3.8) is 0 Å². The summed E-state index contributed by atoms with van der Waals surface area (Å²) in [5, 5.41) is 10.4. The third kappa shape index (κ3) is 3.08. The van der Waals surface area contributed by atoms with Crippen molar-refractivity contribution >= 4 is 74.9 Å². The van der Waals surface area contributed by atoms with Crippen LogP contribution in [0.15, 0.2) is 140 Å². The Balaban J connectivity index is 1.34. The summed E-state index contributed by atoms with van der Waals surface area (Å²) in [7, 11) is 0. The molecule has 0 aliphatic rings. The Morgan fingerprint density at radius 1 is 0.400 bits per heavy atom. The van der Waals surface area contributed by atoms with Crippen molar-refractivity contribution in [3.8, 4) is 16.8 Å². The SMILES string of the molecule is c1ccc2c(-c3ccc4c(c3)c3ccccc3n4-c3ccc4c(c3)sc3ccccc34)c3ccccc3cc2c1. The summed E-state index contributed by atoms with van der Waals surface area (Å²) in [5.74, 6) is 0. The van der Waals surface area contributed by atoms with Crippen LogP contribution in [0.4, 0.5) is 0 Å². The molecule has 0 bridgehead atoms. The summed E-state index contributed by atoms with van der Waals surface area (Å²) >= 11 is 1.87. The van der Waals surface area contributed by atoms with Crippen LogP contribution < -0.4 is 0 Å². The molecule has 0 fully saturated rings. The summed E-state index contributed by atoms with van der Waals surface area (Å²) in [6, 6.07) is 51.3. The Labute approximate surface area is 235 Å². The van der Waals surface area contributed by atoms with E-state index in [1.165, 1.54) is 80.3 Å². The average molecular weight is 526 g/mol. The first kappa shape index (κ1) is 22.0. The van der Waals surface area contributed by atoms with Crippen LogP contribution in [-0.4, -0.2) is 4.57 Å². The van der Waals surface area contributed by atoms with E-state index in [4.69, 9.17) is 0 Å². The van der Waals surface area contributed by atoms with E-state index < -0.39 is 0 Å². The normalized spacial score (nSPS) is 12.0. The van der Waals surface area contributed by atoms with Crippen LogP contribution in [-0.2, 0) is 0 Å². The molecule has 9 rings (SSSR count). The van der Waals surface area contributed by atoms with Gasteiger partial charge in [-0.25, -0.2) is 0 Å². The number of nitrogens with zero attached hydrogens (tertiary/aromatic N) is 1. The average Bonchev–Trinajstić information content (AvgIpc) is 3.54. The smallest absolute Gasteiger partial charge is 0.0541 e. The quantitative estimate of drug-likeness (QED) is 0.198. The third-order valence-electron chi connectivity index (χ3n) is 8.35. The lowest BCUT2D eigenvalue weighted by Gasteiger charge is -2.13. The molecule has 0 saturated heterocycles. The molecule has 9 aromatic rings. The van der Waals surface area contributed by atoms with E-state index >= 15 is 0 Å². The van der Waals surface area contributed by atoms with Crippen LogP contribution in [0.2, 0.25) is 0 Å². The molecule has 1 nitrogen and oxygen atoms in total. The van der Waals surface area contributed by atoms with E-state index in [0.717, 1.165) is 0 Å². The van der Waals surface area contributed by atoms with Crippen LogP contribution in [0.3, 0.4) is 0 Å². The predicted molar refractivity (Wildman–Crippen MR) is 174 cm³/mol.